The summed E-state index contributed by atoms with van der Waals surface area (Å²) in [4.78, 5) is 60.9. The summed E-state index contributed by atoms with van der Waals surface area (Å²) in [7, 11) is 1.16. The van der Waals surface area contributed by atoms with Gasteiger partial charge in [0.1, 0.15) is 12.3 Å². The smallest absolute Gasteiger partial charge is 0.416 e. The molecule has 1 aliphatic rings. The summed E-state index contributed by atoms with van der Waals surface area (Å²) >= 11 is 9.78. The molecule has 1 saturated heterocycles. The van der Waals surface area contributed by atoms with Crippen molar-refractivity contribution in [3.63, 3.8) is 0 Å². The third kappa shape index (κ3) is 7.38. The number of hydrogen-bond donors (Lipinski definition) is 1. The molecule has 1 heterocycles. The Labute approximate surface area is 263 Å². The lowest BCUT2D eigenvalue weighted by Crippen LogP contribution is -2.36. The number of alkyl halides is 3. The van der Waals surface area contributed by atoms with Gasteiger partial charge in [0, 0.05) is 11.8 Å². The van der Waals surface area contributed by atoms with Crippen molar-refractivity contribution < 1.29 is 46.7 Å². The number of methoxy groups -OCH3 is 1. The van der Waals surface area contributed by atoms with Crippen molar-refractivity contribution in [3.05, 3.63) is 95.8 Å². The maximum absolute atomic E-state index is 13.0. The van der Waals surface area contributed by atoms with E-state index in [0.29, 0.717) is 29.5 Å². The number of benzene rings is 3. The van der Waals surface area contributed by atoms with Crippen LogP contribution in [-0.2, 0) is 20.5 Å². The predicted octanol–water partition coefficient (Wildman–Crippen LogP) is 7.28. The number of halogens is 5. The minimum atomic E-state index is -4.79. The van der Waals surface area contributed by atoms with Gasteiger partial charge in [-0.1, -0.05) is 17.7 Å². The number of amides is 3. The minimum absolute atomic E-state index is 0.00114. The van der Waals surface area contributed by atoms with Crippen LogP contribution < -0.4 is 10.1 Å². The Morgan fingerprint density at radius 2 is 1.82 bits per heavy atom. The number of esters is 1. The average molecular weight is 715 g/mol. The standard InChI is InChI=1S/C27H16BrClF3N3O8S/c1-42-25(38)16-11-15(4-5-18(16)29)33-23(36)12-34-24(37)22(44-26(34)39)9-13-2-6-20(17(28)8-13)43-21-7-3-14(27(30,31)32)10-19(21)35(40)41/h2-11H,12H2,1H3,(H,33,36)/b22-9+. The van der Waals surface area contributed by atoms with Crippen molar-refractivity contribution in [2.75, 3.05) is 19.0 Å². The first-order valence-corrected chi connectivity index (χ1v) is 13.9. The molecule has 3 amide bonds. The predicted molar refractivity (Wildman–Crippen MR) is 156 cm³/mol. The lowest BCUT2D eigenvalue weighted by Gasteiger charge is -2.13. The van der Waals surface area contributed by atoms with Crippen LogP contribution in [-0.4, -0.2) is 46.5 Å². The maximum Gasteiger partial charge on any atom is 0.416 e. The van der Waals surface area contributed by atoms with Crippen molar-refractivity contribution >= 4 is 79.8 Å². The summed E-state index contributed by atoms with van der Waals surface area (Å²) < 4.78 is 49.3. The highest BCUT2D eigenvalue weighted by Gasteiger charge is 2.36. The fourth-order valence-electron chi connectivity index (χ4n) is 3.73. The third-order valence-corrected chi connectivity index (χ3v) is 7.64. The van der Waals surface area contributed by atoms with Gasteiger partial charge in [-0.05, 0) is 81.8 Å². The molecule has 1 N–H and O–H groups in total. The number of thioether (sulfide) groups is 1. The zero-order valence-electron chi connectivity index (χ0n) is 21.9. The third-order valence-electron chi connectivity index (χ3n) is 5.79. The molecule has 228 valence electrons. The molecule has 0 atom stereocenters. The molecule has 17 heteroatoms. The maximum atomic E-state index is 13.0. The van der Waals surface area contributed by atoms with Crippen LogP contribution in [0.3, 0.4) is 0 Å². The van der Waals surface area contributed by atoms with Crippen molar-refractivity contribution in [1.82, 2.24) is 4.90 Å². The van der Waals surface area contributed by atoms with Crippen LogP contribution in [0.2, 0.25) is 5.02 Å². The Kier molecular flexibility index (Phi) is 9.66. The van der Waals surface area contributed by atoms with E-state index < -0.39 is 57.7 Å². The molecular formula is C27H16BrClF3N3O8S. The molecule has 0 spiro atoms. The topological polar surface area (TPSA) is 145 Å². The first-order valence-electron chi connectivity index (χ1n) is 11.9. The summed E-state index contributed by atoms with van der Waals surface area (Å²) in [5.74, 6) is -2.62. The van der Waals surface area contributed by atoms with Crippen molar-refractivity contribution in [3.8, 4) is 11.5 Å². The number of nitrogens with zero attached hydrogens (tertiary/aromatic N) is 2. The molecule has 0 aliphatic carbocycles. The number of hydrogen-bond acceptors (Lipinski definition) is 9. The summed E-state index contributed by atoms with van der Waals surface area (Å²) in [5.41, 5.74) is -1.54. The first-order chi connectivity index (χ1) is 20.7. The van der Waals surface area contributed by atoms with E-state index in [2.05, 4.69) is 26.0 Å². The summed E-state index contributed by atoms with van der Waals surface area (Å²) in [5, 5.41) is 13.2. The number of nitro benzene ring substituents is 1. The number of nitrogens with one attached hydrogen (secondary N) is 1. The van der Waals surface area contributed by atoms with Crippen LogP contribution in [0, 0.1) is 10.1 Å². The Morgan fingerprint density at radius 1 is 1.11 bits per heavy atom. The lowest BCUT2D eigenvalue weighted by atomic mass is 10.1. The molecule has 0 bridgehead atoms. The number of carbonyl (C=O) groups excluding carboxylic acids is 4. The fourth-order valence-corrected chi connectivity index (χ4v) is 5.24. The second kappa shape index (κ2) is 13.1. The van der Waals surface area contributed by atoms with Gasteiger partial charge in [-0.2, -0.15) is 13.2 Å². The molecule has 3 aromatic carbocycles. The Bertz CT molecular complexity index is 1750. The normalized spacial score (nSPS) is 14.1. The second-order valence-corrected chi connectivity index (χ2v) is 11.0. The van der Waals surface area contributed by atoms with Crippen LogP contribution >= 0.6 is 39.3 Å². The van der Waals surface area contributed by atoms with E-state index in [1.165, 1.54) is 42.5 Å². The van der Waals surface area contributed by atoms with Gasteiger partial charge in [-0.3, -0.25) is 29.4 Å². The monoisotopic (exact) mass is 713 g/mol. The summed E-state index contributed by atoms with van der Waals surface area (Å²) in [6.45, 7) is -0.624. The highest BCUT2D eigenvalue weighted by Crippen LogP contribution is 2.40. The molecule has 11 nitrogen and oxygen atoms in total. The van der Waals surface area contributed by atoms with E-state index in [0.717, 1.165) is 18.1 Å². The van der Waals surface area contributed by atoms with E-state index >= 15 is 0 Å². The summed E-state index contributed by atoms with van der Waals surface area (Å²) in [6.07, 6.45) is -3.43. The highest BCUT2D eigenvalue weighted by atomic mass is 79.9. The van der Waals surface area contributed by atoms with Gasteiger partial charge in [0.25, 0.3) is 11.1 Å². The van der Waals surface area contributed by atoms with Crippen molar-refractivity contribution in [2.45, 2.75) is 6.18 Å². The zero-order valence-corrected chi connectivity index (χ0v) is 25.1. The van der Waals surface area contributed by atoms with Gasteiger partial charge in [0.15, 0.2) is 0 Å². The second-order valence-electron chi connectivity index (χ2n) is 8.73. The molecule has 1 fully saturated rings. The van der Waals surface area contributed by atoms with E-state index in [1.54, 1.807) is 0 Å². The number of nitro groups is 1. The molecule has 0 saturated carbocycles. The lowest BCUT2D eigenvalue weighted by molar-refractivity contribution is -0.385. The van der Waals surface area contributed by atoms with Crippen LogP contribution in [0.25, 0.3) is 6.08 Å². The van der Waals surface area contributed by atoms with Gasteiger partial charge in [0.05, 0.1) is 37.6 Å². The number of anilines is 1. The van der Waals surface area contributed by atoms with E-state index in [4.69, 9.17) is 16.3 Å². The van der Waals surface area contributed by atoms with Gasteiger partial charge in [-0.15, -0.1) is 0 Å². The number of ether oxygens (including phenoxy) is 2. The molecule has 44 heavy (non-hydrogen) atoms. The number of carbonyl (C=O) groups is 4. The molecule has 0 radical (unpaired) electrons. The zero-order chi connectivity index (χ0) is 32.3. The van der Waals surface area contributed by atoms with Crippen LogP contribution in [0.4, 0.5) is 29.3 Å². The first kappa shape index (κ1) is 32.5. The van der Waals surface area contributed by atoms with Gasteiger partial charge in [0.2, 0.25) is 11.7 Å². The number of imide groups is 1. The quantitative estimate of drug-likeness (QED) is 0.110. The minimum Gasteiger partial charge on any atom is -0.465 e. The highest BCUT2D eigenvalue weighted by molar-refractivity contribution is 9.10. The van der Waals surface area contributed by atoms with E-state index in [1.807, 2.05) is 0 Å². The molecule has 1 aliphatic heterocycles. The summed E-state index contributed by atoms with van der Waals surface area (Å²) in [6, 6.07) is 10.1. The molecule has 0 aromatic heterocycles. The SMILES string of the molecule is COC(=O)c1cc(NC(=O)CN2C(=O)S/C(=C/c3ccc(Oc4ccc(C(F)(F)F)cc4[N+](=O)[O-])c(Br)c3)C2=O)ccc1Cl. The van der Waals surface area contributed by atoms with E-state index in [-0.39, 0.29) is 31.4 Å². The Balaban J connectivity index is 1.46. The molecule has 0 unspecified atom stereocenters. The number of rotatable bonds is 8. The van der Waals surface area contributed by atoms with Gasteiger partial charge < -0.3 is 14.8 Å². The average Bonchev–Trinajstić information content (AvgIpc) is 3.21. The van der Waals surface area contributed by atoms with Gasteiger partial charge in [-0.25, -0.2) is 4.79 Å². The Morgan fingerprint density at radius 3 is 2.45 bits per heavy atom. The van der Waals surface area contributed by atoms with Crippen molar-refractivity contribution in [2.24, 2.45) is 0 Å². The van der Waals surface area contributed by atoms with E-state index in [9.17, 15) is 42.5 Å². The molecular weight excluding hydrogens is 699 g/mol. The van der Waals surface area contributed by atoms with Crippen LogP contribution in [0.1, 0.15) is 21.5 Å². The fraction of sp³-hybridized carbons (Fsp3) is 0.111. The van der Waals surface area contributed by atoms with Crippen molar-refractivity contribution in [1.29, 1.82) is 0 Å². The van der Waals surface area contributed by atoms with Crippen LogP contribution in [0.15, 0.2) is 64.0 Å². The Hall–Kier alpha value is -4.41. The van der Waals surface area contributed by atoms with Crippen LogP contribution in [0.5, 0.6) is 11.5 Å². The van der Waals surface area contributed by atoms with Gasteiger partial charge >= 0.3 is 17.8 Å². The largest absolute Gasteiger partial charge is 0.465 e. The molecule has 4 rings (SSSR count). The molecule has 3 aromatic rings.